The van der Waals surface area contributed by atoms with Crippen molar-refractivity contribution in [3.63, 3.8) is 0 Å². The van der Waals surface area contributed by atoms with E-state index < -0.39 is 0 Å². The van der Waals surface area contributed by atoms with Gasteiger partial charge in [-0.2, -0.15) is 0 Å². The Morgan fingerprint density at radius 1 is 0.727 bits per heavy atom. The van der Waals surface area contributed by atoms with Crippen LogP contribution in [-0.2, 0) is 20.8 Å². The molecule has 1 N–H and O–H groups in total. The molecule has 4 rings (SSSR count). The van der Waals surface area contributed by atoms with Gasteiger partial charge in [0, 0.05) is 50.1 Å². The molecule has 0 saturated carbocycles. The lowest BCUT2D eigenvalue weighted by Crippen LogP contribution is -2.47. The fraction of sp³-hybridized carbons (Fsp3) is 0.444. The zero-order chi connectivity index (χ0) is 23.0. The fourth-order valence-electron chi connectivity index (χ4n) is 4.82. The first-order valence-corrected chi connectivity index (χ1v) is 12.1. The van der Waals surface area contributed by atoms with Crippen LogP contribution >= 0.6 is 0 Å². The quantitative estimate of drug-likeness (QED) is 0.734. The molecule has 2 aliphatic heterocycles. The maximum atomic E-state index is 13.0. The van der Waals surface area contributed by atoms with E-state index in [1.807, 2.05) is 70.5 Å². The van der Waals surface area contributed by atoms with Gasteiger partial charge in [-0.25, -0.2) is 0 Å². The van der Waals surface area contributed by atoms with E-state index in [2.05, 4.69) is 5.32 Å². The van der Waals surface area contributed by atoms with E-state index in [-0.39, 0.29) is 29.6 Å². The summed E-state index contributed by atoms with van der Waals surface area (Å²) >= 11 is 0. The van der Waals surface area contributed by atoms with E-state index in [4.69, 9.17) is 0 Å². The maximum Gasteiger partial charge on any atom is 0.227 e. The molecule has 2 aromatic carbocycles. The Labute approximate surface area is 196 Å². The van der Waals surface area contributed by atoms with E-state index in [1.54, 1.807) is 0 Å². The molecule has 0 radical (unpaired) electrons. The number of hydrogen-bond acceptors (Lipinski definition) is 3. The number of anilines is 1. The summed E-state index contributed by atoms with van der Waals surface area (Å²) in [5, 5.41) is 2.98. The summed E-state index contributed by atoms with van der Waals surface area (Å²) in [4.78, 5) is 42.0. The molecule has 33 heavy (non-hydrogen) atoms. The Hall–Kier alpha value is -3.15. The van der Waals surface area contributed by atoms with Crippen molar-refractivity contribution in [1.29, 1.82) is 0 Å². The van der Waals surface area contributed by atoms with Gasteiger partial charge in [0.1, 0.15) is 0 Å². The van der Waals surface area contributed by atoms with Crippen molar-refractivity contribution >= 4 is 23.4 Å². The number of nitrogens with one attached hydrogen (secondary N) is 1. The molecule has 2 aromatic rings. The second-order valence-corrected chi connectivity index (χ2v) is 9.10. The lowest BCUT2D eigenvalue weighted by atomic mass is 9.91. The first kappa shape index (κ1) is 23.0. The van der Waals surface area contributed by atoms with E-state index in [0.717, 1.165) is 24.9 Å². The molecule has 2 aliphatic rings. The lowest BCUT2D eigenvalue weighted by molar-refractivity contribution is -0.142. The number of para-hydroxylation sites is 1. The largest absolute Gasteiger partial charge is 0.343 e. The van der Waals surface area contributed by atoms with Crippen LogP contribution in [0.25, 0.3) is 0 Å². The number of carbonyl (C=O) groups is 3. The van der Waals surface area contributed by atoms with Gasteiger partial charge in [-0.3, -0.25) is 14.4 Å². The van der Waals surface area contributed by atoms with Crippen LogP contribution in [0, 0.1) is 11.8 Å². The third kappa shape index (κ3) is 6.21. The van der Waals surface area contributed by atoms with Gasteiger partial charge >= 0.3 is 0 Å². The van der Waals surface area contributed by atoms with Crippen LogP contribution in [0.15, 0.2) is 60.7 Å². The highest BCUT2D eigenvalue weighted by Gasteiger charge is 2.33. The first-order valence-electron chi connectivity index (χ1n) is 12.1. The van der Waals surface area contributed by atoms with E-state index in [9.17, 15) is 14.4 Å². The summed E-state index contributed by atoms with van der Waals surface area (Å²) < 4.78 is 0. The van der Waals surface area contributed by atoms with Crippen molar-refractivity contribution in [2.45, 2.75) is 38.5 Å². The summed E-state index contributed by atoms with van der Waals surface area (Å²) in [5.74, 6) is 0.329. The number of amides is 3. The highest BCUT2D eigenvalue weighted by Crippen LogP contribution is 2.25. The molecule has 6 nitrogen and oxygen atoms in total. The molecule has 2 saturated heterocycles. The standard InChI is InChI=1S/C27H33N3O3/c31-25(12-11-21-7-3-1-4-8-21)29-17-15-23(16-18-29)27(33)30-19-13-22(14-20-30)26(32)28-24-9-5-2-6-10-24/h1-10,22-23H,11-20H2,(H,28,32). The zero-order valence-corrected chi connectivity index (χ0v) is 19.1. The number of likely N-dealkylation sites (tertiary alicyclic amines) is 2. The molecule has 0 aromatic heterocycles. The lowest BCUT2D eigenvalue weighted by Gasteiger charge is -2.37. The minimum Gasteiger partial charge on any atom is -0.343 e. The summed E-state index contributed by atoms with van der Waals surface area (Å²) in [6.45, 7) is 2.56. The summed E-state index contributed by atoms with van der Waals surface area (Å²) in [5.41, 5.74) is 1.99. The molecule has 0 aliphatic carbocycles. The number of piperidine rings is 2. The van der Waals surface area contributed by atoms with Gasteiger partial charge in [-0.15, -0.1) is 0 Å². The second-order valence-electron chi connectivity index (χ2n) is 9.10. The van der Waals surface area contributed by atoms with Crippen LogP contribution in [0.2, 0.25) is 0 Å². The molecule has 6 heteroatoms. The van der Waals surface area contributed by atoms with Gasteiger partial charge in [0.2, 0.25) is 17.7 Å². The molecule has 174 valence electrons. The Morgan fingerprint density at radius 2 is 1.27 bits per heavy atom. The van der Waals surface area contributed by atoms with Crippen LogP contribution in [-0.4, -0.2) is 53.7 Å². The normalized spacial score (nSPS) is 17.6. The molecule has 2 heterocycles. The molecule has 2 fully saturated rings. The highest BCUT2D eigenvalue weighted by atomic mass is 16.2. The third-order valence-electron chi connectivity index (χ3n) is 6.89. The minimum absolute atomic E-state index is 0.0159. The van der Waals surface area contributed by atoms with Crippen molar-refractivity contribution in [2.75, 3.05) is 31.5 Å². The van der Waals surface area contributed by atoms with Crippen molar-refractivity contribution < 1.29 is 14.4 Å². The van der Waals surface area contributed by atoms with Gasteiger partial charge < -0.3 is 15.1 Å². The number of carbonyl (C=O) groups excluding carboxylic acids is 3. The van der Waals surface area contributed by atoms with Gasteiger partial charge in [0.15, 0.2) is 0 Å². The second kappa shape index (κ2) is 11.1. The van der Waals surface area contributed by atoms with Crippen LogP contribution in [0.4, 0.5) is 5.69 Å². The van der Waals surface area contributed by atoms with Crippen LogP contribution < -0.4 is 5.32 Å². The molecule has 0 atom stereocenters. The van der Waals surface area contributed by atoms with Crippen molar-refractivity contribution in [2.24, 2.45) is 11.8 Å². The minimum atomic E-state index is -0.0571. The van der Waals surface area contributed by atoms with Crippen LogP contribution in [0.3, 0.4) is 0 Å². The van der Waals surface area contributed by atoms with Gasteiger partial charge in [0.05, 0.1) is 0 Å². The predicted octanol–water partition coefficient (Wildman–Crippen LogP) is 3.74. The Morgan fingerprint density at radius 3 is 1.91 bits per heavy atom. The average molecular weight is 448 g/mol. The number of hydrogen-bond donors (Lipinski definition) is 1. The Kier molecular flexibility index (Phi) is 7.76. The van der Waals surface area contributed by atoms with E-state index in [1.165, 1.54) is 5.56 Å². The van der Waals surface area contributed by atoms with E-state index >= 15 is 0 Å². The molecule has 3 amide bonds. The van der Waals surface area contributed by atoms with Gasteiger partial charge in [0.25, 0.3) is 0 Å². The average Bonchev–Trinajstić information content (AvgIpc) is 2.88. The summed E-state index contributed by atoms with van der Waals surface area (Å²) in [6.07, 6.45) is 4.11. The summed E-state index contributed by atoms with van der Waals surface area (Å²) in [7, 11) is 0. The maximum absolute atomic E-state index is 13.0. The van der Waals surface area contributed by atoms with Gasteiger partial charge in [-0.05, 0) is 49.8 Å². The van der Waals surface area contributed by atoms with Crippen molar-refractivity contribution in [1.82, 2.24) is 9.80 Å². The van der Waals surface area contributed by atoms with Crippen LogP contribution in [0.1, 0.15) is 37.7 Å². The molecular formula is C27H33N3O3. The number of benzene rings is 2. The Balaban J connectivity index is 1.18. The smallest absolute Gasteiger partial charge is 0.227 e. The molecular weight excluding hydrogens is 414 g/mol. The molecule has 0 spiro atoms. The zero-order valence-electron chi connectivity index (χ0n) is 19.1. The third-order valence-corrected chi connectivity index (χ3v) is 6.89. The number of nitrogens with zero attached hydrogens (tertiary/aromatic N) is 2. The number of rotatable bonds is 6. The molecule has 0 bridgehead atoms. The van der Waals surface area contributed by atoms with Crippen LogP contribution in [0.5, 0.6) is 0 Å². The topological polar surface area (TPSA) is 69.7 Å². The predicted molar refractivity (Wildman–Crippen MR) is 128 cm³/mol. The van der Waals surface area contributed by atoms with Crippen molar-refractivity contribution in [3.05, 3.63) is 66.2 Å². The Bertz CT molecular complexity index is 932. The first-order chi connectivity index (χ1) is 16.1. The highest BCUT2D eigenvalue weighted by molar-refractivity contribution is 5.92. The summed E-state index contributed by atoms with van der Waals surface area (Å²) in [6, 6.07) is 19.6. The van der Waals surface area contributed by atoms with Crippen molar-refractivity contribution in [3.8, 4) is 0 Å². The SMILES string of the molecule is O=C(Nc1ccccc1)C1CCN(C(=O)C2CCN(C(=O)CCc3ccccc3)CC2)CC1. The van der Waals surface area contributed by atoms with Gasteiger partial charge in [-0.1, -0.05) is 48.5 Å². The fourth-order valence-corrected chi connectivity index (χ4v) is 4.82. The number of aryl methyl sites for hydroxylation is 1. The molecule has 0 unspecified atom stereocenters. The van der Waals surface area contributed by atoms with E-state index in [0.29, 0.717) is 45.4 Å². The monoisotopic (exact) mass is 447 g/mol.